The van der Waals surface area contributed by atoms with Gasteiger partial charge in [-0.15, -0.1) is 0 Å². The second kappa shape index (κ2) is 5.66. The average Bonchev–Trinajstić information content (AvgIpc) is 3.12. The van der Waals surface area contributed by atoms with Crippen LogP contribution in [0, 0.1) is 5.92 Å². The number of hydroxylamine groups is 1. The largest absolute Gasteiger partial charge is 0.273 e. The first-order valence-corrected chi connectivity index (χ1v) is 5.79. The predicted octanol–water partition coefficient (Wildman–Crippen LogP) is 2.42. The first kappa shape index (κ1) is 11.1. The highest BCUT2D eigenvalue weighted by atomic mass is 16.6. The maximum absolute atomic E-state index is 11.3. The Balaban J connectivity index is 1.58. The van der Waals surface area contributed by atoms with Crippen molar-refractivity contribution in [2.24, 2.45) is 5.92 Å². The summed E-state index contributed by atoms with van der Waals surface area (Å²) in [7, 11) is 0. The van der Waals surface area contributed by atoms with Gasteiger partial charge in [-0.2, -0.15) is 0 Å². The summed E-state index contributed by atoms with van der Waals surface area (Å²) in [5.41, 5.74) is 3.54. The third kappa shape index (κ3) is 4.03. The fourth-order valence-electron chi connectivity index (χ4n) is 1.57. The van der Waals surface area contributed by atoms with E-state index in [1.165, 1.54) is 12.8 Å². The number of hydrogen-bond acceptors (Lipinski definition) is 2. The molecule has 0 atom stereocenters. The lowest BCUT2D eigenvalue weighted by molar-refractivity contribution is -0.134. The summed E-state index contributed by atoms with van der Waals surface area (Å²) in [6.07, 6.45) is 4.16. The van der Waals surface area contributed by atoms with E-state index < -0.39 is 0 Å². The minimum absolute atomic E-state index is 0.0113. The first-order valence-electron chi connectivity index (χ1n) is 5.79. The molecule has 1 N–H and O–H groups in total. The molecular formula is C13H17NO2. The van der Waals surface area contributed by atoms with Crippen LogP contribution in [-0.4, -0.2) is 5.91 Å². The molecule has 1 aliphatic carbocycles. The lowest BCUT2D eigenvalue weighted by Crippen LogP contribution is -2.23. The Hall–Kier alpha value is -1.35. The van der Waals surface area contributed by atoms with Crippen molar-refractivity contribution in [3.63, 3.8) is 0 Å². The summed E-state index contributed by atoms with van der Waals surface area (Å²) in [6, 6.07) is 9.80. The molecule has 0 aromatic heterocycles. The van der Waals surface area contributed by atoms with Gasteiger partial charge in [-0.05, 0) is 17.9 Å². The van der Waals surface area contributed by atoms with E-state index in [1.807, 2.05) is 30.3 Å². The molecule has 0 spiro atoms. The van der Waals surface area contributed by atoms with Crippen molar-refractivity contribution in [3.05, 3.63) is 35.9 Å². The van der Waals surface area contributed by atoms with Gasteiger partial charge in [0.1, 0.15) is 0 Å². The highest BCUT2D eigenvalue weighted by Gasteiger charge is 2.21. The molecule has 1 aliphatic rings. The van der Waals surface area contributed by atoms with Gasteiger partial charge in [-0.25, -0.2) is 5.48 Å². The third-order valence-corrected chi connectivity index (χ3v) is 2.74. The number of hydrogen-bond donors (Lipinski definition) is 1. The normalized spacial score (nSPS) is 14.8. The van der Waals surface area contributed by atoms with E-state index in [1.54, 1.807) is 0 Å². The third-order valence-electron chi connectivity index (χ3n) is 2.74. The van der Waals surface area contributed by atoms with Crippen molar-refractivity contribution >= 4 is 5.91 Å². The van der Waals surface area contributed by atoms with Gasteiger partial charge in [0.15, 0.2) is 0 Å². The Bertz CT molecular complexity index is 333. The molecule has 0 unspecified atom stereocenters. The van der Waals surface area contributed by atoms with Crippen molar-refractivity contribution in [2.45, 2.75) is 32.3 Å². The van der Waals surface area contributed by atoms with Crippen LogP contribution in [0.4, 0.5) is 0 Å². The molecule has 1 saturated carbocycles. The summed E-state index contributed by atoms with van der Waals surface area (Å²) in [5.74, 6) is 0.780. The van der Waals surface area contributed by atoms with Gasteiger partial charge < -0.3 is 0 Å². The molecule has 16 heavy (non-hydrogen) atoms. The molecule has 0 radical (unpaired) electrons. The number of benzene rings is 1. The Labute approximate surface area is 95.8 Å². The zero-order valence-electron chi connectivity index (χ0n) is 9.32. The van der Waals surface area contributed by atoms with Crippen LogP contribution in [0.5, 0.6) is 0 Å². The van der Waals surface area contributed by atoms with E-state index in [4.69, 9.17) is 4.84 Å². The van der Waals surface area contributed by atoms with Gasteiger partial charge in [0, 0.05) is 6.42 Å². The van der Waals surface area contributed by atoms with Crippen molar-refractivity contribution in [3.8, 4) is 0 Å². The maximum atomic E-state index is 11.3. The van der Waals surface area contributed by atoms with Gasteiger partial charge in [-0.3, -0.25) is 9.63 Å². The summed E-state index contributed by atoms with van der Waals surface area (Å²) in [4.78, 5) is 16.5. The molecule has 2 rings (SSSR count). The average molecular weight is 219 g/mol. The highest BCUT2D eigenvalue weighted by Crippen LogP contribution is 2.33. The first-order chi connectivity index (χ1) is 7.84. The molecule has 3 nitrogen and oxygen atoms in total. The maximum Gasteiger partial charge on any atom is 0.243 e. The molecule has 86 valence electrons. The molecule has 1 fully saturated rings. The minimum atomic E-state index is -0.0113. The number of carbonyl (C=O) groups is 1. The van der Waals surface area contributed by atoms with Gasteiger partial charge in [-0.1, -0.05) is 43.2 Å². The van der Waals surface area contributed by atoms with Crippen molar-refractivity contribution in [1.29, 1.82) is 0 Å². The van der Waals surface area contributed by atoms with Crippen LogP contribution in [0.2, 0.25) is 0 Å². The lowest BCUT2D eigenvalue weighted by atomic mass is 10.2. The van der Waals surface area contributed by atoms with E-state index in [9.17, 15) is 4.79 Å². The van der Waals surface area contributed by atoms with Crippen molar-refractivity contribution < 1.29 is 9.63 Å². The van der Waals surface area contributed by atoms with E-state index in [-0.39, 0.29) is 5.91 Å². The van der Waals surface area contributed by atoms with Crippen LogP contribution in [-0.2, 0) is 16.2 Å². The summed E-state index contributed by atoms with van der Waals surface area (Å²) < 4.78 is 0. The number of nitrogens with one attached hydrogen (secondary N) is 1. The van der Waals surface area contributed by atoms with Gasteiger partial charge >= 0.3 is 0 Å². The quantitative estimate of drug-likeness (QED) is 0.746. The van der Waals surface area contributed by atoms with Gasteiger partial charge in [0.25, 0.3) is 0 Å². The Morgan fingerprint density at radius 1 is 1.31 bits per heavy atom. The molecule has 3 heteroatoms. The van der Waals surface area contributed by atoms with Crippen LogP contribution < -0.4 is 5.48 Å². The molecule has 0 bridgehead atoms. The zero-order chi connectivity index (χ0) is 11.2. The van der Waals surface area contributed by atoms with Crippen molar-refractivity contribution in [2.75, 3.05) is 0 Å². The standard InChI is InChI=1S/C13H17NO2/c15-13(9-8-11-6-7-11)14-16-10-12-4-2-1-3-5-12/h1-5,11H,6-10H2,(H,14,15). The lowest BCUT2D eigenvalue weighted by Gasteiger charge is -2.05. The fourth-order valence-corrected chi connectivity index (χ4v) is 1.57. The summed E-state index contributed by atoms with van der Waals surface area (Å²) >= 11 is 0. The molecule has 0 aliphatic heterocycles. The fraction of sp³-hybridized carbons (Fsp3) is 0.462. The molecule has 1 aromatic carbocycles. The van der Waals surface area contributed by atoms with E-state index >= 15 is 0 Å². The highest BCUT2D eigenvalue weighted by molar-refractivity contribution is 5.74. The molecule has 1 aromatic rings. The molecular weight excluding hydrogens is 202 g/mol. The van der Waals surface area contributed by atoms with Crippen LogP contribution in [0.1, 0.15) is 31.2 Å². The second-order valence-corrected chi connectivity index (χ2v) is 4.28. The monoisotopic (exact) mass is 219 g/mol. The Kier molecular flexibility index (Phi) is 3.94. The van der Waals surface area contributed by atoms with Crippen molar-refractivity contribution in [1.82, 2.24) is 5.48 Å². The molecule has 0 saturated heterocycles. The number of amides is 1. The Morgan fingerprint density at radius 3 is 2.75 bits per heavy atom. The van der Waals surface area contributed by atoms with Crippen LogP contribution >= 0.6 is 0 Å². The van der Waals surface area contributed by atoms with Crippen LogP contribution in [0.3, 0.4) is 0 Å². The van der Waals surface area contributed by atoms with Gasteiger partial charge in [0.2, 0.25) is 5.91 Å². The van der Waals surface area contributed by atoms with E-state index in [0.717, 1.165) is 17.9 Å². The van der Waals surface area contributed by atoms with Crippen LogP contribution in [0.15, 0.2) is 30.3 Å². The summed E-state index contributed by atoms with van der Waals surface area (Å²) in [6.45, 7) is 0.427. The van der Waals surface area contributed by atoms with Gasteiger partial charge in [0.05, 0.1) is 6.61 Å². The zero-order valence-corrected chi connectivity index (χ0v) is 9.32. The topological polar surface area (TPSA) is 38.3 Å². The predicted molar refractivity (Wildman–Crippen MR) is 61.3 cm³/mol. The SMILES string of the molecule is O=C(CCC1CC1)NOCc1ccccc1. The molecule has 0 heterocycles. The Morgan fingerprint density at radius 2 is 2.06 bits per heavy atom. The minimum Gasteiger partial charge on any atom is -0.273 e. The smallest absolute Gasteiger partial charge is 0.243 e. The summed E-state index contributed by atoms with van der Waals surface area (Å²) in [5, 5.41) is 0. The number of rotatable bonds is 6. The van der Waals surface area contributed by atoms with Crippen LogP contribution in [0.25, 0.3) is 0 Å². The van der Waals surface area contributed by atoms with E-state index in [2.05, 4.69) is 5.48 Å². The van der Waals surface area contributed by atoms with E-state index in [0.29, 0.717) is 13.0 Å². The second-order valence-electron chi connectivity index (χ2n) is 4.28. The molecule has 1 amide bonds. The number of carbonyl (C=O) groups excluding carboxylic acids is 1.